The van der Waals surface area contributed by atoms with Crippen LogP contribution in [-0.2, 0) is 11.3 Å². The molecule has 28 heavy (non-hydrogen) atoms. The first-order valence-corrected chi connectivity index (χ1v) is 9.55. The van der Waals surface area contributed by atoms with Gasteiger partial charge in [0.15, 0.2) is 0 Å². The van der Waals surface area contributed by atoms with Gasteiger partial charge in [-0.25, -0.2) is 4.98 Å². The van der Waals surface area contributed by atoms with Crippen molar-refractivity contribution in [3.63, 3.8) is 0 Å². The van der Waals surface area contributed by atoms with Crippen molar-refractivity contribution in [2.75, 3.05) is 0 Å². The van der Waals surface area contributed by atoms with E-state index in [1.165, 1.54) is 5.56 Å². The molecule has 0 aliphatic carbocycles. The smallest absolute Gasteiger partial charge is 0.311 e. The predicted octanol–water partition coefficient (Wildman–Crippen LogP) is 5.46. The van der Waals surface area contributed by atoms with E-state index in [0.717, 1.165) is 35.4 Å². The van der Waals surface area contributed by atoms with Gasteiger partial charge in [-0.2, -0.15) is 0 Å². The Kier molecular flexibility index (Phi) is 5.20. The van der Waals surface area contributed by atoms with Crippen molar-refractivity contribution in [3.8, 4) is 17.1 Å². The van der Waals surface area contributed by atoms with Crippen molar-refractivity contribution in [3.05, 3.63) is 84.4 Å². The van der Waals surface area contributed by atoms with Gasteiger partial charge in [-0.3, -0.25) is 4.79 Å². The van der Waals surface area contributed by atoms with Gasteiger partial charge in [0.2, 0.25) is 0 Å². The number of benzene rings is 3. The van der Waals surface area contributed by atoms with E-state index in [4.69, 9.17) is 9.72 Å². The van der Waals surface area contributed by atoms with E-state index in [2.05, 4.69) is 22.8 Å². The number of imidazole rings is 1. The largest absolute Gasteiger partial charge is 0.427 e. The highest BCUT2D eigenvalue weighted by Gasteiger charge is 2.13. The number of fused-ring (bicyclic) bond motifs is 1. The van der Waals surface area contributed by atoms with Crippen molar-refractivity contribution >= 4 is 17.0 Å². The number of hydrogen-bond acceptors (Lipinski definition) is 3. The molecule has 0 saturated heterocycles. The molecule has 0 amide bonds. The molecule has 4 heteroatoms. The lowest BCUT2D eigenvalue weighted by Crippen LogP contribution is -2.06. The normalized spacial score (nSPS) is 10.9. The Labute approximate surface area is 164 Å². The molecule has 4 nitrogen and oxygen atoms in total. The summed E-state index contributed by atoms with van der Waals surface area (Å²) in [5.41, 5.74) is 4.27. The van der Waals surface area contributed by atoms with Crippen molar-refractivity contribution in [1.82, 2.24) is 9.55 Å². The van der Waals surface area contributed by atoms with Crippen LogP contribution in [0, 0.1) is 0 Å². The number of rotatable bonds is 6. The van der Waals surface area contributed by atoms with Gasteiger partial charge in [-0.1, -0.05) is 49.4 Å². The molecule has 0 aliphatic rings. The van der Waals surface area contributed by atoms with Crippen LogP contribution >= 0.6 is 0 Å². The number of carbonyl (C=O) groups is 1. The Morgan fingerprint density at radius 1 is 0.929 bits per heavy atom. The summed E-state index contributed by atoms with van der Waals surface area (Å²) >= 11 is 0. The van der Waals surface area contributed by atoms with E-state index in [1.807, 2.05) is 67.6 Å². The topological polar surface area (TPSA) is 44.1 Å². The van der Waals surface area contributed by atoms with Gasteiger partial charge in [0.25, 0.3) is 0 Å². The molecule has 0 atom stereocenters. The number of para-hydroxylation sites is 2. The lowest BCUT2D eigenvalue weighted by Gasteiger charge is -2.10. The Morgan fingerprint density at radius 3 is 2.39 bits per heavy atom. The lowest BCUT2D eigenvalue weighted by molar-refractivity contribution is -0.134. The molecule has 140 valence electrons. The van der Waals surface area contributed by atoms with Crippen LogP contribution in [0.2, 0.25) is 0 Å². The molecular weight excluding hydrogens is 348 g/mol. The third-order valence-electron chi connectivity index (χ3n) is 4.64. The van der Waals surface area contributed by atoms with Crippen LogP contribution in [0.25, 0.3) is 22.4 Å². The summed E-state index contributed by atoms with van der Waals surface area (Å²) < 4.78 is 7.59. The standard InChI is InChI=1S/C24H22N2O2/c1-2-8-23(27)28-20-15-13-19(14-16-20)24-25-21-11-6-7-12-22(21)26(24)17-18-9-4-3-5-10-18/h3-7,9-16H,2,8,17H2,1H3. The number of nitrogens with zero attached hydrogens (tertiary/aromatic N) is 2. The fourth-order valence-electron chi connectivity index (χ4n) is 3.28. The minimum absolute atomic E-state index is 0.202. The van der Waals surface area contributed by atoms with Gasteiger partial charge in [0.05, 0.1) is 11.0 Å². The Bertz CT molecular complexity index is 1080. The van der Waals surface area contributed by atoms with Crippen molar-refractivity contribution < 1.29 is 9.53 Å². The highest BCUT2D eigenvalue weighted by Crippen LogP contribution is 2.27. The zero-order valence-corrected chi connectivity index (χ0v) is 15.8. The van der Waals surface area contributed by atoms with E-state index in [1.54, 1.807) is 0 Å². The van der Waals surface area contributed by atoms with Gasteiger partial charge in [0, 0.05) is 18.5 Å². The number of aromatic nitrogens is 2. The number of carbonyl (C=O) groups excluding carboxylic acids is 1. The Hall–Kier alpha value is -3.40. The second-order valence-corrected chi connectivity index (χ2v) is 6.74. The maximum atomic E-state index is 11.7. The molecule has 0 unspecified atom stereocenters. The van der Waals surface area contributed by atoms with Gasteiger partial charge < -0.3 is 9.30 Å². The first kappa shape index (κ1) is 18.0. The molecule has 0 radical (unpaired) electrons. The average molecular weight is 370 g/mol. The molecule has 0 N–H and O–H groups in total. The summed E-state index contributed by atoms with van der Waals surface area (Å²) in [6.45, 7) is 2.70. The molecule has 0 aliphatic heterocycles. The van der Waals surface area contributed by atoms with E-state index >= 15 is 0 Å². The molecule has 1 heterocycles. The highest BCUT2D eigenvalue weighted by atomic mass is 16.5. The lowest BCUT2D eigenvalue weighted by atomic mass is 10.2. The first-order valence-electron chi connectivity index (χ1n) is 9.55. The van der Waals surface area contributed by atoms with Gasteiger partial charge in [0.1, 0.15) is 11.6 Å². The summed E-state index contributed by atoms with van der Waals surface area (Å²) in [4.78, 5) is 16.6. The molecule has 0 fully saturated rings. The van der Waals surface area contributed by atoms with Crippen LogP contribution in [0.3, 0.4) is 0 Å². The summed E-state index contributed by atoms with van der Waals surface area (Å²) in [6, 6.07) is 26.1. The second-order valence-electron chi connectivity index (χ2n) is 6.74. The number of ether oxygens (including phenoxy) is 1. The fraction of sp³-hybridized carbons (Fsp3) is 0.167. The number of hydrogen-bond donors (Lipinski definition) is 0. The van der Waals surface area contributed by atoms with Crippen LogP contribution < -0.4 is 4.74 Å². The maximum absolute atomic E-state index is 11.7. The van der Waals surface area contributed by atoms with Crippen LogP contribution in [0.15, 0.2) is 78.9 Å². The second kappa shape index (κ2) is 8.09. The SMILES string of the molecule is CCCC(=O)Oc1ccc(-c2nc3ccccc3n2Cc2ccccc2)cc1. The van der Waals surface area contributed by atoms with Crippen LogP contribution in [0.1, 0.15) is 25.3 Å². The van der Waals surface area contributed by atoms with E-state index < -0.39 is 0 Å². The molecule has 4 aromatic rings. The van der Waals surface area contributed by atoms with E-state index in [0.29, 0.717) is 12.2 Å². The molecule has 3 aromatic carbocycles. The fourth-order valence-corrected chi connectivity index (χ4v) is 3.28. The quantitative estimate of drug-likeness (QED) is 0.334. The molecule has 0 saturated carbocycles. The molecule has 0 bridgehead atoms. The average Bonchev–Trinajstić information content (AvgIpc) is 3.08. The molecule has 0 spiro atoms. The zero-order valence-electron chi connectivity index (χ0n) is 15.8. The minimum atomic E-state index is -0.202. The minimum Gasteiger partial charge on any atom is -0.427 e. The summed E-state index contributed by atoms with van der Waals surface area (Å²) in [7, 11) is 0. The third kappa shape index (κ3) is 3.81. The van der Waals surface area contributed by atoms with Gasteiger partial charge in [-0.05, 0) is 48.4 Å². The highest BCUT2D eigenvalue weighted by molar-refractivity contribution is 5.81. The summed E-state index contributed by atoms with van der Waals surface area (Å²) in [5.74, 6) is 1.26. The summed E-state index contributed by atoms with van der Waals surface area (Å²) in [6.07, 6.45) is 1.20. The van der Waals surface area contributed by atoms with E-state index in [-0.39, 0.29) is 5.97 Å². The summed E-state index contributed by atoms with van der Waals surface area (Å²) in [5, 5.41) is 0. The van der Waals surface area contributed by atoms with Crippen molar-refractivity contribution in [2.45, 2.75) is 26.3 Å². The zero-order chi connectivity index (χ0) is 19.3. The molecule has 4 rings (SSSR count). The van der Waals surface area contributed by atoms with Crippen molar-refractivity contribution in [2.24, 2.45) is 0 Å². The van der Waals surface area contributed by atoms with Crippen LogP contribution in [-0.4, -0.2) is 15.5 Å². The number of esters is 1. The van der Waals surface area contributed by atoms with Crippen LogP contribution in [0.4, 0.5) is 0 Å². The first-order chi connectivity index (χ1) is 13.7. The molecular formula is C24H22N2O2. The van der Waals surface area contributed by atoms with Crippen molar-refractivity contribution in [1.29, 1.82) is 0 Å². The Morgan fingerprint density at radius 2 is 1.64 bits per heavy atom. The molecule has 1 aromatic heterocycles. The third-order valence-corrected chi connectivity index (χ3v) is 4.64. The van der Waals surface area contributed by atoms with Crippen LogP contribution in [0.5, 0.6) is 5.75 Å². The van der Waals surface area contributed by atoms with Gasteiger partial charge >= 0.3 is 5.97 Å². The maximum Gasteiger partial charge on any atom is 0.311 e. The predicted molar refractivity (Wildman–Crippen MR) is 111 cm³/mol. The Balaban J connectivity index is 1.70. The van der Waals surface area contributed by atoms with E-state index in [9.17, 15) is 4.79 Å². The van der Waals surface area contributed by atoms with Gasteiger partial charge in [-0.15, -0.1) is 0 Å². The monoisotopic (exact) mass is 370 g/mol.